The SMILES string of the molecule is Nc1c2c(cc3cnccc13)CCCC2O. The second-order valence-corrected chi connectivity index (χ2v) is 4.37. The zero-order chi connectivity index (χ0) is 11.1. The van der Waals surface area contributed by atoms with Crippen molar-refractivity contribution in [3.05, 3.63) is 35.7 Å². The van der Waals surface area contributed by atoms with Gasteiger partial charge in [-0.25, -0.2) is 0 Å². The van der Waals surface area contributed by atoms with Crippen LogP contribution in [0.25, 0.3) is 10.8 Å². The number of rotatable bonds is 0. The van der Waals surface area contributed by atoms with Crippen LogP contribution in [0.3, 0.4) is 0 Å². The molecule has 0 aliphatic heterocycles. The summed E-state index contributed by atoms with van der Waals surface area (Å²) in [6, 6.07) is 4.02. The Morgan fingerprint density at radius 3 is 3.19 bits per heavy atom. The molecule has 3 rings (SSSR count). The van der Waals surface area contributed by atoms with Gasteiger partial charge >= 0.3 is 0 Å². The Morgan fingerprint density at radius 1 is 1.44 bits per heavy atom. The first kappa shape index (κ1) is 9.60. The van der Waals surface area contributed by atoms with Crippen LogP contribution in [0.1, 0.15) is 30.1 Å². The second kappa shape index (κ2) is 3.46. The van der Waals surface area contributed by atoms with Crippen molar-refractivity contribution < 1.29 is 5.11 Å². The highest BCUT2D eigenvalue weighted by atomic mass is 16.3. The van der Waals surface area contributed by atoms with Gasteiger partial charge in [-0.15, -0.1) is 0 Å². The Hall–Kier alpha value is -1.61. The van der Waals surface area contributed by atoms with Gasteiger partial charge in [0.2, 0.25) is 0 Å². The zero-order valence-corrected chi connectivity index (χ0v) is 8.98. The number of hydrogen-bond acceptors (Lipinski definition) is 3. The van der Waals surface area contributed by atoms with Gasteiger partial charge < -0.3 is 10.8 Å². The van der Waals surface area contributed by atoms with Gasteiger partial charge in [0.15, 0.2) is 0 Å². The van der Waals surface area contributed by atoms with Gasteiger partial charge in [0, 0.05) is 34.4 Å². The van der Waals surface area contributed by atoms with Gasteiger partial charge in [-0.3, -0.25) is 4.98 Å². The molecular weight excluding hydrogens is 200 g/mol. The molecule has 1 unspecified atom stereocenters. The fraction of sp³-hybridized carbons (Fsp3) is 0.308. The number of aromatic nitrogens is 1. The maximum atomic E-state index is 10.0. The van der Waals surface area contributed by atoms with Crippen LogP contribution >= 0.6 is 0 Å². The molecule has 3 nitrogen and oxygen atoms in total. The molecule has 0 radical (unpaired) electrons. The lowest BCUT2D eigenvalue weighted by atomic mass is 9.86. The number of anilines is 1. The maximum absolute atomic E-state index is 10.0. The molecule has 1 heterocycles. The molecular formula is C13H14N2O. The van der Waals surface area contributed by atoms with Crippen molar-refractivity contribution in [1.29, 1.82) is 0 Å². The van der Waals surface area contributed by atoms with Crippen LogP contribution < -0.4 is 5.73 Å². The van der Waals surface area contributed by atoms with E-state index in [1.165, 1.54) is 5.56 Å². The van der Waals surface area contributed by atoms with Crippen molar-refractivity contribution in [3.8, 4) is 0 Å². The lowest BCUT2D eigenvalue weighted by Crippen LogP contribution is -2.12. The Balaban J connectivity index is 2.36. The number of fused-ring (bicyclic) bond motifs is 2. The topological polar surface area (TPSA) is 59.1 Å². The summed E-state index contributed by atoms with van der Waals surface area (Å²) < 4.78 is 0. The first-order valence-electron chi connectivity index (χ1n) is 5.60. The fourth-order valence-electron chi connectivity index (χ4n) is 2.58. The number of nitrogens with two attached hydrogens (primary N) is 1. The van der Waals surface area contributed by atoms with Crippen molar-refractivity contribution >= 4 is 16.5 Å². The van der Waals surface area contributed by atoms with Crippen molar-refractivity contribution in [1.82, 2.24) is 4.98 Å². The van der Waals surface area contributed by atoms with E-state index < -0.39 is 6.10 Å². The van der Waals surface area contributed by atoms with Crippen LogP contribution in [-0.4, -0.2) is 10.1 Å². The summed E-state index contributed by atoms with van der Waals surface area (Å²) in [6.07, 6.45) is 6.00. The molecule has 1 aromatic carbocycles. The summed E-state index contributed by atoms with van der Waals surface area (Å²) in [5, 5.41) is 12.1. The van der Waals surface area contributed by atoms with E-state index in [2.05, 4.69) is 11.1 Å². The molecule has 0 spiro atoms. The van der Waals surface area contributed by atoms with Gasteiger partial charge in [0.1, 0.15) is 0 Å². The molecule has 0 amide bonds. The zero-order valence-electron chi connectivity index (χ0n) is 8.98. The first-order chi connectivity index (χ1) is 7.77. The Labute approximate surface area is 93.9 Å². The molecule has 1 atom stereocenters. The maximum Gasteiger partial charge on any atom is 0.0813 e. The van der Waals surface area contributed by atoms with Gasteiger partial charge in [0.05, 0.1) is 6.10 Å². The van der Waals surface area contributed by atoms with E-state index in [0.29, 0.717) is 0 Å². The van der Waals surface area contributed by atoms with E-state index in [0.717, 1.165) is 41.3 Å². The summed E-state index contributed by atoms with van der Waals surface area (Å²) >= 11 is 0. The summed E-state index contributed by atoms with van der Waals surface area (Å²) in [5.41, 5.74) is 8.98. The molecule has 0 saturated carbocycles. The van der Waals surface area contributed by atoms with E-state index in [1.807, 2.05) is 12.3 Å². The second-order valence-electron chi connectivity index (χ2n) is 4.37. The summed E-state index contributed by atoms with van der Waals surface area (Å²) in [4.78, 5) is 4.10. The molecule has 2 aromatic rings. The predicted molar refractivity (Wildman–Crippen MR) is 64.1 cm³/mol. The van der Waals surface area contributed by atoms with E-state index in [-0.39, 0.29) is 0 Å². The van der Waals surface area contributed by atoms with Crippen molar-refractivity contribution in [2.75, 3.05) is 5.73 Å². The lowest BCUT2D eigenvalue weighted by molar-refractivity contribution is 0.157. The third-order valence-corrected chi connectivity index (χ3v) is 3.36. The number of aliphatic hydroxyl groups excluding tert-OH is 1. The molecule has 0 fully saturated rings. The molecule has 82 valence electrons. The Bertz CT molecular complexity index is 551. The number of pyridine rings is 1. The van der Waals surface area contributed by atoms with E-state index in [4.69, 9.17) is 5.73 Å². The molecule has 1 aliphatic rings. The molecule has 3 heteroatoms. The highest BCUT2D eigenvalue weighted by Crippen LogP contribution is 2.37. The summed E-state index contributed by atoms with van der Waals surface area (Å²) in [6.45, 7) is 0. The molecule has 3 N–H and O–H groups in total. The van der Waals surface area contributed by atoms with Crippen molar-refractivity contribution in [3.63, 3.8) is 0 Å². The molecule has 1 aromatic heterocycles. The highest BCUT2D eigenvalue weighted by Gasteiger charge is 2.21. The molecule has 1 aliphatic carbocycles. The van der Waals surface area contributed by atoms with Gasteiger partial charge in [-0.1, -0.05) is 0 Å². The minimum absolute atomic E-state index is 0.402. The Kier molecular flexibility index (Phi) is 2.07. The van der Waals surface area contributed by atoms with E-state index in [1.54, 1.807) is 6.20 Å². The monoisotopic (exact) mass is 214 g/mol. The number of aryl methyl sites for hydroxylation is 1. The number of hydrogen-bond donors (Lipinski definition) is 2. The summed E-state index contributed by atoms with van der Waals surface area (Å²) in [5.74, 6) is 0. The number of nitrogen functional groups attached to an aromatic ring is 1. The Morgan fingerprint density at radius 2 is 2.31 bits per heavy atom. The normalized spacial score (nSPS) is 19.7. The average molecular weight is 214 g/mol. The lowest BCUT2D eigenvalue weighted by Gasteiger charge is -2.24. The van der Waals surface area contributed by atoms with Crippen LogP contribution in [0.15, 0.2) is 24.5 Å². The summed E-state index contributed by atoms with van der Waals surface area (Å²) in [7, 11) is 0. The number of nitrogens with zero attached hydrogens (tertiary/aromatic N) is 1. The number of aliphatic hydroxyl groups is 1. The quantitative estimate of drug-likeness (QED) is 0.661. The highest BCUT2D eigenvalue weighted by molar-refractivity contribution is 5.95. The van der Waals surface area contributed by atoms with E-state index >= 15 is 0 Å². The van der Waals surface area contributed by atoms with Crippen LogP contribution in [0.4, 0.5) is 5.69 Å². The molecule has 0 bridgehead atoms. The first-order valence-corrected chi connectivity index (χ1v) is 5.60. The van der Waals surface area contributed by atoms with Crippen molar-refractivity contribution in [2.24, 2.45) is 0 Å². The van der Waals surface area contributed by atoms with Crippen LogP contribution in [0, 0.1) is 0 Å². The molecule has 16 heavy (non-hydrogen) atoms. The van der Waals surface area contributed by atoms with Crippen LogP contribution in [0.5, 0.6) is 0 Å². The standard InChI is InChI=1S/C13H14N2O/c14-13-10-4-5-15-7-9(10)6-8-2-1-3-11(16)12(8)13/h4-7,11,16H,1-3,14H2. The number of benzene rings is 1. The third-order valence-electron chi connectivity index (χ3n) is 3.36. The molecule has 0 saturated heterocycles. The van der Waals surface area contributed by atoms with E-state index in [9.17, 15) is 5.11 Å². The fourth-order valence-corrected chi connectivity index (χ4v) is 2.58. The van der Waals surface area contributed by atoms with Gasteiger partial charge in [-0.2, -0.15) is 0 Å². The largest absolute Gasteiger partial charge is 0.398 e. The van der Waals surface area contributed by atoms with Crippen LogP contribution in [0.2, 0.25) is 0 Å². The average Bonchev–Trinajstić information content (AvgIpc) is 2.29. The predicted octanol–water partition coefficient (Wildman–Crippen LogP) is 2.19. The van der Waals surface area contributed by atoms with Gasteiger partial charge in [0.25, 0.3) is 0 Å². The minimum Gasteiger partial charge on any atom is -0.398 e. The van der Waals surface area contributed by atoms with Crippen molar-refractivity contribution in [2.45, 2.75) is 25.4 Å². The third kappa shape index (κ3) is 1.28. The van der Waals surface area contributed by atoms with Gasteiger partial charge in [-0.05, 0) is 37.0 Å². The smallest absolute Gasteiger partial charge is 0.0813 e. The van der Waals surface area contributed by atoms with Crippen LogP contribution in [-0.2, 0) is 6.42 Å². The minimum atomic E-state index is -0.402.